The molecule has 0 bridgehead atoms. The fourth-order valence-corrected chi connectivity index (χ4v) is 3.13. The summed E-state index contributed by atoms with van der Waals surface area (Å²) in [6, 6.07) is -1.32. The van der Waals surface area contributed by atoms with E-state index in [9.17, 15) is 13.2 Å². The van der Waals surface area contributed by atoms with Gasteiger partial charge >= 0.3 is 6.18 Å². The van der Waals surface area contributed by atoms with Gasteiger partial charge in [0.15, 0.2) is 0 Å². The van der Waals surface area contributed by atoms with Gasteiger partial charge in [0.25, 0.3) is 0 Å². The third-order valence-electron chi connectivity index (χ3n) is 3.46. The number of hydrogen-bond acceptors (Lipinski definition) is 2. The van der Waals surface area contributed by atoms with Crippen LogP contribution in [0.2, 0.25) is 0 Å². The van der Waals surface area contributed by atoms with Crippen LogP contribution in [0, 0.1) is 11.8 Å². The lowest BCUT2D eigenvalue weighted by Crippen LogP contribution is -2.54. The van der Waals surface area contributed by atoms with E-state index in [1.54, 1.807) is 30.5 Å². The highest BCUT2D eigenvalue weighted by Gasteiger charge is 2.47. The van der Waals surface area contributed by atoms with Gasteiger partial charge in [0, 0.05) is 18.3 Å². The molecule has 1 saturated carbocycles. The van der Waals surface area contributed by atoms with Gasteiger partial charge in [-0.05, 0) is 37.9 Å². The molecule has 0 spiro atoms. The van der Waals surface area contributed by atoms with Crippen LogP contribution >= 0.6 is 11.8 Å². The molecule has 1 fully saturated rings. The van der Waals surface area contributed by atoms with E-state index in [4.69, 9.17) is 0 Å². The molecule has 0 N–H and O–H groups in total. The SMILES string of the molecule is CSC[C@H](C)N(CC1CC1)[C@H](C(C)C)C(F)(F)F. The molecule has 18 heavy (non-hydrogen) atoms. The van der Waals surface area contributed by atoms with Gasteiger partial charge in [-0.2, -0.15) is 24.9 Å². The summed E-state index contributed by atoms with van der Waals surface area (Å²) >= 11 is 1.62. The van der Waals surface area contributed by atoms with Gasteiger partial charge in [-0.15, -0.1) is 0 Å². The van der Waals surface area contributed by atoms with Crippen LogP contribution in [0.25, 0.3) is 0 Å². The van der Waals surface area contributed by atoms with Gasteiger partial charge < -0.3 is 0 Å². The van der Waals surface area contributed by atoms with E-state index in [0.29, 0.717) is 12.5 Å². The molecule has 0 heterocycles. The fourth-order valence-electron chi connectivity index (χ4n) is 2.45. The number of nitrogens with zero attached hydrogens (tertiary/aromatic N) is 1. The van der Waals surface area contributed by atoms with Crippen molar-refractivity contribution in [2.75, 3.05) is 18.6 Å². The second-order valence-electron chi connectivity index (χ2n) is 5.67. The van der Waals surface area contributed by atoms with Crippen LogP contribution in [0.4, 0.5) is 13.2 Å². The number of rotatable bonds is 7. The normalized spacial score (nSPS) is 20.5. The van der Waals surface area contributed by atoms with Crippen molar-refractivity contribution in [3.05, 3.63) is 0 Å². The van der Waals surface area contributed by atoms with Gasteiger partial charge in [0.1, 0.15) is 6.04 Å². The van der Waals surface area contributed by atoms with E-state index in [1.807, 2.05) is 13.2 Å². The number of alkyl halides is 3. The lowest BCUT2D eigenvalue weighted by Gasteiger charge is -2.39. The van der Waals surface area contributed by atoms with Crippen molar-refractivity contribution in [2.24, 2.45) is 11.8 Å². The van der Waals surface area contributed by atoms with Crippen molar-refractivity contribution in [2.45, 2.75) is 51.9 Å². The smallest absolute Gasteiger partial charge is 0.288 e. The highest BCUT2D eigenvalue weighted by atomic mass is 32.2. The Labute approximate surface area is 112 Å². The number of halogens is 3. The Balaban J connectivity index is 2.82. The number of hydrogen-bond donors (Lipinski definition) is 0. The minimum absolute atomic E-state index is 0.0189. The van der Waals surface area contributed by atoms with Crippen molar-refractivity contribution in [1.29, 1.82) is 0 Å². The van der Waals surface area contributed by atoms with Crippen LogP contribution in [-0.2, 0) is 0 Å². The summed E-state index contributed by atoms with van der Waals surface area (Å²) in [5.74, 6) is 0.845. The topological polar surface area (TPSA) is 3.24 Å². The maximum atomic E-state index is 13.2. The molecule has 0 radical (unpaired) electrons. The summed E-state index contributed by atoms with van der Waals surface area (Å²) in [6.07, 6.45) is -0.00415. The van der Waals surface area contributed by atoms with Crippen LogP contribution in [-0.4, -0.2) is 41.7 Å². The minimum atomic E-state index is -4.13. The van der Waals surface area contributed by atoms with Gasteiger partial charge in [-0.3, -0.25) is 4.90 Å². The highest BCUT2D eigenvalue weighted by Crippen LogP contribution is 2.36. The summed E-state index contributed by atoms with van der Waals surface area (Å²) < 4.78 is 39.7. The second-order valence-corrected chi connectivity index (χ2v) is 6.59. The average molecular weight is 283 g/mol. The second kappa shape index (κ2) is 6.51. The molecule has 1 rings (SSSR count). The molecule has 0 unspecified atom stereocenters. The van der Waals surface area contributed by atoms with E-state index in [0.717, 1.165) is 18.6 Å². The first-order valence-electron chi connectivity index (χ1n) is 6.58. The van der Waals surface area contributed by atoms with Crippen molar-refractivity contribution >= 4 is 11.8 Å². The third kappa shape index (κ3) is 4.65. The lowest BCUT2D eigenvalue weighted by atomic mass is 10.00. The summed E-state index contributed by atoms with van der Waals surface area (Å²) in [5.41, 5.74) is 0. The molecule has 0 aromatic rings. The zero-order valence-corrected chi connectivity index (χ0v) is 12.4. The largest absolute Gasteiger partial charge is 0.404 e. The molecule has 0 saturated heterocycles. The van der Waals surface area contributed by atoms with Crippen molar-refractivity contribution in [1.82, 2.24) is 4.90 Å². The Morgan fingerprint density at radius 3 is 2.11 bits per heavy atom. The van der Waals surface area contributed by atoms with Crippen molar-refractivity contribution in [3.63, 3.8) is 0 Å². The lowest BCUT2D eigenvalue weighted by molar-refractivity contribution is -0.200. The van der Waals surface area contributed by atoms with Gasteiger partial charge in [-0.25, -0.2) is 0 Å². The van der Waals surface area contributed by atoms with Gasteiger partial charge in [0.2, 0.25) is 0 Å². The third-order valence-corrected chi connectivity index (χ3v) is 4.28. The molecule has 0 aromatic carbocycles. The van der Waals surface area contributed by atoms with E-state index in [1.165, 1.54) is 0 Å². The molecule has 1 nitrogen and oxygen atoms in total. The molecular weight excluding hydrogens is 259 g/mol. The Bertz CT molecular complexity index is 251. The zero-order chi connectivity index (χ0) is 13.9. The van der Waals surface area contributed by atoms with Crippen LogP contribution in [0.3, 0.4) is 0 Å². The summed E-state index contributed by atoms with van der Waals surface area (Å²) in [5, 5.41) is 0. The first-order valence-corrected chi connectivity index (χ1v) is 7.98. The molecule has 1 aliphatic rings. The van der Waals surface area contributed by atoms with Crippen LogP contribution < -0.4 is 0 Å². The van der Waals surface area contributed by atoms with Crippen LogP contribution in [0.1, 0.15) is 33.6 Å². The van der Waals surface area contributed by atoms with Gasteiger partial charge in [0.05, 0.1) is 0 Å². The predicted octanol–water partition coefficient (Wildman–Crippen LogP) is 4.04. The summed E-state index contributed by atoms with van der Waals surface area (Å²) in [4.78, 5) is 1.69. The van der Waals surface area contributed by atoms with Gasteiger partial charge in [-0.1, -0.05) is 13.8 Å². The Morgan fingerprint density at radius 2 is 1.78 bits per heavy atom. The maximum absolute atomic E-state index is 13.2. The van der Waals surface area contributed by atoms with Crippen molar-refractivity contribution < 1.29 is 13.2 Å². The van der Waals surface area contributed by atoms with E-state index in [2.05, 4.69) is 0 Å². The first kappa shape index (κ1) is 16.2. The maximum Gasteiger partial charge on any atom is 0.404 e. The molecule has 108 valence electrons. The Morgan fingerprint density at radius 1 is 1.22 bits per heavy atom. The van der Waals surface area contributed by atoms with E-state index in [-0.39, 0.29) is 6.04 Å². The molecule has 0 aliphatic heterocycles. The van der Waals surface area contributed by atoms with E-state index < -0.39 is 18.1 Å². The molecule has 1 aliphatic carbocycles. The summed E-state index contributed by atoms with van der Waals surface area (Å²) in [6.45, 7) is 5.86. The monoisotopic (exact) mass is 283 g/mol. The molecular formula is C13H24F3NS. The van der Waals surface area contributed by atoms with Crippen LogP contribution in [0.5, 0.6) is 0 Å². The molecule has 5 heteroatoms. The molecule has 0 amide bonds. The quantitative estimate of drug-likeness (QED) is 0.694. The van der Waals surface area contributed by atoms with Crippen molar-refractivity contribution in [3.8, 4) is 0 Å². The summed E-state index contributed by atoms with van der Waals surface area (Å²) in [7, 11) is 0. The molecule has 2 atom stereocenters. The molecule has 0 aromatic heterocycles. The Hall–Kier alpha value is 0.100. The zero-order valence-electron chi connectivity index (χ0n) is 11.6. The Kier molecular flexibility index (Phi) is 5.84. The predicted molar refractivity (Wildman–Crippen MR) is 72.0 cm³/mol. The first-order chi connectivity index (χ1) is 8.27. The minimum Gasteiger partial charge on any atom is -0.288 e. The average Bonchev–Trinajstić information content (AvgIpc) is 2.98. The standard InChI is InChI=1S/C13H24F3NS/c1-9(2)12(13(14,15)16)17(7-11-5-6-11)10(3)8-18-4/h9-12H,5-8H2,1-4H3/t10-,12+/m0/s1. The number of thioether (sulfide) groups is 1. The fraction of sp³-hybridized carbons (Fsp3) is 1.00. The highest BCUT2D eigenvalue weighted by molar-refractivity contribution is 7.98. The van der Waals surface area contributed by atoms with Crippen LogP contribution in [0.15, 0.2) is 0 Å². The van der Waals surface area contributed by atoms with E-state index >= 15 is 0 Å².